The van der Waals surface area contributed by atoms with Crippen LogP contribution in [0.1, 0.15) is 10.5 Å². The van der Waals surface area contributed by atoms with Gasteiger partial charge in [-0.1, -0.05) is 12.1 Å². The number of aromatic carboxylic acids is 1. The molecule has 3 rings (SSSR count). The van der Waals surface area contributed by atoms with E-state index in [4.69, 9.17) is 9.84 Å². The van der Waals surface area contributed by atoms with Crippen LogP contribution in [-0.4, -0.2) is 25.6 Å². The third kappa shape index (κ3) is 3.84. The zero-order valence-electron chi connectivity index (χ0n) is 12.0. The largest absolute Gasteiger partial charge is 0.476 e. The summed E-state index contributed by atoms with van der Waals surface area (Å²) in [5.74, 6) is 0.379. The van der Waals surface area contributed by atoms with Crippen LogP contribution in [0.25, 0.3) is 11.4 Å². The number of ether oxygens (including phenoxy) is 1. The van der Waals surface area contributed by atoms with Crippen molar-refractivity contribution in [2.45, 2.75) is 0 Å². The average Bonchev–Trinajstić information content (AvgIpc) is 2.91. The molecule has 0 bridgehead atoms. The normalized spacial score (nSPS) is 9.96. The molecule has 0 aliphatic carbocycles. The number of aryl methyl sites for hydroxylation is 1. The average molecular weight is 489 g/mol. The van der Waals surface area contributed by atoms with Crippen molar-refractivity contribution in [3.63, 3.8) is 0 Å². The van der Waals surface area contributed by atoms with Crippen molar-refractivity contribution < 1.29 is 35.7 Å². The summed E-state index contributed by atoms with van der Waals surface area (Å²) in [6.07, 6.45) is 3.09. The fourth-order valence-corrected chi connectivity index (χ4v) is 1.98. The van der Waals surface area contributed by atoms with E-state index in [1.54, 1.807) is 48.1 Å². The number of nitrogens with zero attached hydrogens (tertiary/aromatic N) is 3. The number of carbonyl (C=O) groups is 1. The Hall–Kier alpha value is -2.46. The Balaban J connectivity index is 0.00000192. The van der Waals surface area contributed by atoms with E-state index in [2.05, 4.69) is 16.0 Å². The van der Waals surface area contributed by atoms with Gasteiger partial charge in [0.05, 0.1) is 5.82 Å². The standard InChI is InChI=1S/C16H12N3O3.Pt/c1-19-10-13(16(20)21)18-15(19)11-5-4-6-12(9-11)22-14-7-2-3-8-17-14;/h2-8,10H,1H3,(H,20,21);/q-1;. The maximum Gasteiger partial charge on any atom is 0.355 e. The van der Waals surface area contributed by atoms with Crippen molar-refractivity contribution in [3.8, 4) is 23.0 Å². The van der Waals surface area contributed by atoms with Crippen molar-refractivity contribution >= 4 is 5.97 Å². The van der Waals surface area contributed by atoms with Gasteiger partial charge in [0.2, 0.25) is 5.88 Å². The van der Waals surface area contributed by atoms with Crippen molar-refractivity contribution in [1.29, 1.82) is 0 Å². The summed E-state index contributed by atoms with van der Waals surface area (Å²) in [7, 11) is 1.73. The fourth-order valence-electron chi connectivity index (χ4n) is 1.98. The van der Waals surface area contributed by atoms with Crippen LogP contribution >= 0.6 is 0 Å². The van der Waals surface area contributed by atoms with Gasteiger partial charge in [-0.3, -0.25) is 4.98 Å². The minimum Gasteiger partial charge on any atom is -0.476 e. The van der Waals surface area contributed by atoms with E-state index in [1.807, 2.05) is 6.07 Å². The van der Waals surface area contributed by atoms with Crippen molar-refractivity contribution in [2.75, 3.05) is 0 Å². The van der Waals surface area contributed by atoms with Gasteiger partial charge in [0.1, 0.15) is 0 Å². The molecule has 3 aromatic rings. The van der Waals surface area contributed by atoms with Gasteiger partial charge in [-0.15, -0.1) is 23.8 Å². The second-order valence-corrected chi connectivity index (χ2v) is 4.56. The molecular formula is C16H12N3O3Pt-. The monoisotopic (exact) mass is 489 g/mol. The molecule has 0 aliphatic rings. The molecule has 0 radical (unpaired) electrons. The number of hydrogen-bond donors (Lipinski definition) is 1. The second-order valence-electron chi connectivity index (χ2n) is 4.56. The maximum atomic E-state index is 11.0. The molecule has 2 aromatic heterocycles. The minimum absolute atomic E-state index is 0. The van der Waals surface area contributed by atoms with E-state index in [0.717, 1.165) is 0 Å². The molecule has 23 heavy (non-hydrogen) atoms. The Morgan fingerprint density at radius 2 is 2.09 bits per heavy atom. The van der Waals surface area contributed by atoms with Crippen LogP contribution in [-0.2, 0) is 28.1 Å². The van der Waals surface area contributed by atoms with E-state index < -0.39 is 5.97 Å². The molecule has 1 N–H and O–H groups in total. The molecule has 2 heterocycles. The molecule has 6 nitrogen and oxygen atoms in total. The summed E-state index contributed by atoms with van der Waals surface area (Å²) in [4.78, 5) is 19.2. The zero-order valence-corrected chi connectivity index (χ0v) is 14.3. The zero-order chi connectivity index (χ0) is 15.5. The first-order valence-corrected chi connectivity index (χ1v) is 6.52. The van der Waals surface area contributed by atoms with Gasteiger partial charge in [-0.25, -0.2) is 9.78 Å². The molecule has 1 aromatic carbocycles. The van der Waals surface area contributed by atoms with E-state index in [9.17, 15) is 4.79 Å². The molecule has 0 amide bonds. The van der Waals surface area contributed by atoms with Gasteiger partial charge in [0.25, 0.3) is 0 Å². The molecular weight excluding hydrogens is 477 g/mol. The predicted molar refractivity (Wildman–Crippen MR) is 78.8 cm³/mol. The number of benzene rings is 1. The number of imidazole rings is 1. The summed E-state index contributed by atoms with van der Waals surface area (Å²) >= 11 is 0. The van der Waals surface area contributed by atoms with E-state index in [0.29, 0.717) is 23.0 Å². The Morgan fingerprint density at radius 3 is 2.74 bits per heavy atom. The quantitative estimate of drug-likeness (QED) is 0.571. The molecule has 120 valence electrons. The molecule has 0 aliphatic heterocycles. The van der Waals surface area contributed by atoms with Crippen molar-refractivity contribution in [2.24, 2.45) is 7.05 Å². The number of pyridine rings is 1. The number of carboxylic acids is 1. The summed E-state index contributed by atoms with van der Waals surface area (Å²) in [6, 6.07) is 13.8. The first kappa shape index (κ1) is 16.9. The number of hydrogen-bond acceptors (Lipinski definition) is 4. The fraction of sp³-hybridized carbons (Fsp3) is 0.0625. The summed E-state index contributed by atoms with van der Waals surface area (Å²) < 4.78 is 7.25. The van der Waals surface area contributed by atoms with Crippen LogP contribution in [0.2, 0.25) is 0 Å². The van der Waals surface area contributed by atoms with Crippen LogP contribution in [0.5, 0.6) is 11.6 Å². The van der Waals surface area contributed by atoms with Gasteiger partial charge in [0, 0.05) is 52.3 Å². The topological polar surface area (TPSA) is 77.2 Å². The minimum atomic E-state index is -1.07. The summed E-state index contributed by atoms with van der Waals surface area (Å²) in [5.41, 5.74) is 0.630. The third-order valence-electron chi connectivity index (χ3n) is 2.96. The Kier molecular flexibility index (Phi) is 5.29. The molecule has 0 fully saturated rings. The van der Waals surface area contributed by atoms with Gasteiger partial charge >= 0.3 is 5.97 Å². The van der Waals surface area contributed by atoms with Crippen LogP contribution in [0.4, 0.5) is 0 Å². The smallest absolute Gasteiger partial charge is 0.355 e. The van der Waals surface area contributed by atoms with Gasteiger partial charge < -0.3 is 14.4 Å². The SMILES string of the molecule is Cn1cc(C(=O)O)nc1-c1[c-]c(Oc2ccccn2)ccc1.[Pt]. The molecule has 0 spiro atoms. The van der Waals surface area contributed by atoms with E-state index >= 15 is 0 Å². The Morgan fingerprint density at radius 1 is 1.26 bits per heavy atom. The van der Waals surface area contributed by atoms with Gasteiger partial charge in [0.15, 0.2) is 5.69 Å². The predicted octanol–water partition coefficient (Wildman–Crippen LogP) is 2.77. The van der Waals surface area contributed by atoms with Gasteiger partial charge in [-0.2, -0.15) is 0 Å². The molecule has 0 saturated carbocycles. The third-order valence-corrected chi connectivity index (χ3v) is 2.96. The van der Waals surface area contributed by atoms with Gasteiger partial charge in [-0.05, 0) is 6.07 Å². The number of carboxylic acid groups (broad SMARTS) is 1. The molecule has 0 saturated heterocycles. The first-order valence-electron chi connectivity index (χ1n) is 6.52. The molecule has 0 unspecified atom stereocenters. The van der Waals surface area contributed by atoms with Crippen LogP contribution < -0.4 is 4.74 Å². The Bertz CT molecular complexity index is 818. The second kappa shape index (κ2) is 7.20. The molecule has 7 heteroatoms. The van der Waals surface area contributed by atoms with E-state index in [1.165, 1.54) is 6.20 Å². The van der Waals surface area contributed by atoms with Crippen molar-refractivity contribution in [3.05, 3.63) is 60.6 Å². The van der Waals surface area contributed by atoms with Crippen LogP contribution in [0, 0.1) is 6.07 Å². The van der Waals surface area contributed by atoms with Crippen LogP contribution in [0.3, 0.4) is 0 Å². The first-order chi connectivity index (χ1) is 10.6. The maximum absolute atomic E-state index is 11.0. The van der Waals surface area contributed by atoms with E-state index in [-0.39, 0.29) is 26.8 Å². The summed E-state index contributed by atoms with van der Waals surface area (Å²) in [6.45, 7) is 0. The summed E-state index contributed by atoms with van der Waals surface area (Å²) in [5, 5.41) is 9.00. The number of rotatable bonds is 4. The van der Waals surface area contributed by atoms with Crippen molar-refractivity contribution in [1.82, 2.24) is 14.5 Å². The Labute approximate surface area is 147 Å². The van der Waals surface area contributed by atoms with Crippen LogP contribution in [0.15, 0.2) is 48.8 Å². The molecule has 0 atom stereocenters. The number of aromatic nitrogens is 3.